The molecule has 0 spiro atoms. The maximum Gasteiger partial charge on any atom is 0.237 e. The lowest BCUT2D eigenvalue weighted by atomic mass is 10.0. The third-order valence-corrected chi connectivity index (χ3v) is 6.12. The molecule has 1 atom stereocenters. The van der Waals surface area contributed by atoms with Crippen molar-refractivity contribution in [2.45, 2.75) is 46.2 Å². The molecule has 6 heteroatoms. The molecule has 2 amide bonds. The lowest BCUT2D eigenvalue weighted by Crippen LogP contribution is -2.56. The van der Waals surface area contributed by atoms with Crippen LogP contribution in [0.3, 0.4) is 0 Å². The predicted octanol–water partition coefficient (Wildman–Crippen LogP) is 2.52. The highest BCUT2D eigenvalue weighted by molar-refractivity contribution is 5.90. The summed E-state index contributed by atoms with van der Waals surface area (Å²) in [4.78, 5) is 33.2. The van der Waals surface area contributed by atoms with Gasteiger partial charge in [-0.2, -0.15) is 0 Å². The third kappa shape index (κ3) is 3.94. The van der Waals surface area contributed by atoms with E-state index < -0.39 is 6.04 Å². The van der Waals surface area contributed by atoms with E-state index in [1.165, 1.54) is 33.3 Å². The molecule has 0 aliphatic carbocycles. The van der Waals surface area contributed by atoms with Gasteiger partial charge in [-0.05, 0) is 26.3 Å². The van der Waals surface area contributed by atoms with E-state index in [4.69, 9.17) is 0 Å². The summed E-state index contributed by atoms with van der Waals surface area (Å²) in [5.74, 6) is 0.0223. The van der Waals surface area contributed by atoms with Crippen LogP contribution in [0.25, 0.3) is 10.9 Å². The Morgan fingerprint density at radius 1 is 1.28 bits per heavy atom. The summed E-state index contributed by atoms with van der Waals surface area (Å²) in [6.07, 6.45) is 3.18. The summed E-state index contributed by atoms with van der Waals surface area (Å²) in [7, 11) is 0. The molecule has 1 aromatic carbocycles. The number of carbonyl (C=O) groups is 2. The summed E-state index contributed by atoms with van der Waals surface area (Å²) < 4.78 is 0. The normalized spacial score (nSPS) is 19.8. The van der Waals surface area contributed by atoms with E-state index in [-0.39, 0.29) is 18.2 Å². The molecule has 2 N–H and O–H groups in total. The largest absolute Gasteiger partial charge is 0.358 e. The number of nitrogens with zero attached hydrogens (tertiary/aromatic N) is 2. The second-order valence-electron chi connectivity index (χ2n) is 8.43. The van der Waals surface area contributed by atoms with Crippen molar-refractivity contribution in [3.8, 4) is 0 Å². The van der Waals surface area contributed by atoms with Crippen LogP contribution in [0, 0.1) is 6.92 Å². The molecule has 29 heavy (non-hydrogen) atoms. The quantitative estimate of drug-likeness (QED) is 0.783. The lowest BCUT2D eigenvalue weighted by Gasteiger charge is -2.36. The van der Waals surface area contributed by atoms with E-state index in [2.05, 4.69) is 60.2 Å². The maximum absolute atomic E-state index is 13.1. The second-order valence-corrected chi connectivity index (χ2v) is 8.43. The number of aryl methyl sites for hydroxylation is 1. The summed E-state index contributed by atoms with van der Waals surface area (Å²) in [5, 5.41) is 4.13. The molecule has 0 bridgehead atoms. The van der Waals surface area contributed by atoms with Crippen LogP contribution in [-0.4, -0.2) is 58.8 Å². The van der Waals surface area contributed by atoms with Gasteiger partial charge in [0.05, 0.1) is 12.5 Å². The highest BCUT2D eigenvalue weighted by Gasteiger charge is 2.33. The van der Waals surface area contributed by atoms with Crippen LogP contribution in [0.5, 0.6) is 0 Å². The van der Waals surface area contributed by atoms with Crippen molar-refractivity contribution in [3.63, 3.8) is 0 Å². The van der Waals surface area contributed by atoms with Gasteiger partial charge >= 0.3 is 0 Å². The average molecular weight is 395 g/mol. The van der Waals surface area contributed by atoms with Gasteiger partial charge in [0.15, 0.2) is 0 Å². The number of carbonyl (C=O) groups excluding carboxylic acids is 2. The Kier molecular flexibility index (Phi) is 5.46. The van der Waals surface area contributed by atoms with Gasteiger partial charge in [0.2, 0.25) is 11.8 Å². The van der Waals surface area contributed by atoms with Gasteiger partial charge in [-0.1, -0.05) is 29.8 Å². The Hall–Kier alpha value is -2.60. The summed E-state index contributed by atoms with van der Waals surface area (Å²) in [5.41, 5.74) is 6.07. The number of allylic oxidation sites excluding steroid dienone is 1. The number of hydrogen-bond acceptors (Lipinski definition) is 3. The van der Waals surface area contributed by atoms with E-state index in [1.54, 1.807) is 0 Å². The molecular weight excluding hydrogens is 364 g/mol. The Balaban J connectivity index is 1.50. The minimum atomic E-state index is -0.390. The van der Waals surface area contributed by atoms with Gasteiger partial charge in [-0.15, -0.1) is 0 Å². The molecule has 1 saturated heterocycles. The molecule has 1 aromatic heterocycles. The highest BCUT2D eigenvalue weighted by Crippen LogP contribution is 2.30. The Labute approximate surface area is 171 Å². The number of piperazine rings is 1. The van der Waals surface area contributed by atoms with Crippen molar-refractivity contribution in [1.29, 1.82) is 0 Å². The Morgan fingerprint density at radius 2 is 2.10 bits per heavy atom. The van der Waals surface area contributed by atoms with Crippen LogP contribution in [0.15, 0.2) is 29.8 Å². The smallest absolute Gasteiger partial charge is 0.237 e. The van der Waals surface area contributed by atoms with Gasteiger partial charge in [-0.25, -0.2) is 0 Å². The van der Waals surface area contributed by atoms with E-state index in [9.17, 15) is 9.59 Å². The van der Waals surface area contributed by atoms with Crippen molar-refractivity contribution in [3.05, 3.63) is 46.7 Å². The number of aromatic nitrogens is 1. The van der Waals surface area contributed by atoms with Crippen molar-refractivity contribution in [2.75, 3.05) is 26.2 Å². The average Bonchev–Trinajstić information content (AvgIpc) is 3.07. The third-order valence-electron chi connectivity index (χ3n) is 6.12. The Bertz CT molecular complexity index is 971. The first-order valence-corrected chi connectivity index (χ1v) is 10.5. The lowest BCUT2D eigenvalue weighted by molar-refractivity contribution is -0.139. The molecule has 0 unspecified atom stereocenters. The van der Waals surface area contributed by atoms with Gasteiger partial charge in [0.1, 0.15) is 0 Å². The minimum Gasteiger partial charge on any atom is -0.358 e. The van der Waals surface area contributed by atoms with Crippen LogP contribution in [-0.2, 0) is 22.6 Å². The van der Waals surface area contributed by atoms with Crippen LogP contribution < -0.4 is 5.32 Å². The van der Waals surface area contributed by atoms with Crippen LogP contribution in [0.2, 0.25) is 0 Å². The van der Waals surface area contributed by atoms with E-state index >= 15 is 0 Å². The monoisotopic (exact) mass is 394 g/mol. The van der Waals surface area contributed by atoms with E-state index in [0.717, 1.165) is 13.0 Å². The molecule has 4 rings (SSSR count). The van der Waals surface area contributed by atoms with Crippen molar-refractivity contribution in [1.82, 2.24) is 20.1 Å². The van der Waals surface area contributed by atoms with Crippen LogP contribution in [0.1, 0.15) is 37.1 Å². The molecule has 2 aliphatic heterocycles. The molecular formula is C23H30N4O2. The fraction of sp³-hybridized carbons (Fsp3) is 0.478. The van der Waals surface area contributed by atoms with Crippen molar-refractivity contribution < 1.29 is 9.59 Å². The summed E-state index contributed by atoms with van der Waals surface area (Å²) in [6.45, 7) is 9.65. The van der Waals surface area contributed by atoms with E-state index in [0.29, 0.717) is 26.2 Å². The molecule has 154 valence electrons. The zero-order chi connectivity index (χ0) is 20.5. The first kappa shape index (κ1) is 19.7. The number of nitrogens with one attached hydrogen (secondary N) is 2. The zero-order valence-corrected chi connectivity index (χ0v) is 17.5. The maximum atomic E-state index is 13.1. The number of H-pyrrole nitrogens is 1. The first-order chi connectivity index (χ1) is 13.9. The molecule has 6 nitrogen and oxygen atoms in total. The molecule has 3 heterocycles. The number of amides is 2. The van der Waals surface area contributed by atoms with Gasteiger partial charge in [-0.3, -0.25) is 14.5 Å². The zero-order valence-electron chi connectivity index (χ0n) is 17.5. The minimum absolute atomic E-state index is 0.0350. The van der Waals surface area contributed by atoms with Gasteiger partial charge in [0, 0.05) is 61.3 Å². The molecule has 1 fully saturated rings. The topological polar surface area (TPSA) is 68.4 Å². The number of rotatable bonds is 4. The highest BCUT2D eigenvalue weighted by atomic mass is 16.2. The van der Waals surface area contributed by atoms with Crippen molar-refractivity contribution in [2.24, 2.45) is 0 Å². The standard InChI is InChI=1S/C23H30N4O2/c1-15(2)7-10-26-12-9-24-23(29)20(26)13-21(28)27-11-8-19-18(14-27)17-6-4-5-16(3)22(17)25-19/h4-7,20,25H,8-14H2,1-3H3,(H,24,29)/t20-/m1/s1. The Morgan fingerprint density at radius 3 is 2.90 bits per heavy atom. The number of hydrogen-bond donors (Lipinski definition) is 2. The van der Waals surface area contributed by atoms with Gasteiger partial charge in [0.25, 0.3) is 0 Å². The number of aromatic amines is 1. The molecule has 2 aliphatic rings. The number of para-hydroxylation sites is 1. The first-order valence-electron chi connectivity index (χ1n) is 10.5. The molecule has 2 aromatic rings. The summed E-state index contributed by atoms with van der Waals surface area (Å²) >= 11 is 0. The fourth-order valence-corrected chi connectivity index (χ4v) is 4.39. The number of benzene rings is 1. The van der Waals surface area contributed by atoms with Crippen molar-refractivity contribution >= 4 is 22.7 Å². The number of fused-ring (bicyclic) bond motifs is 3. The summed E-state index contributed by atoms with van der Waals surface area (Å²) in [6, 6.07) is 5.91. The fourth-order valence-electron chi connectivity index (χ4n) is 4.39. The second kappa shape index (κ2) is 8.03. The molecule has 0 saturated carbocycles. The van der Waals surface area contributed by atoms with Gasteiger partial charge < -0.3 is 15.2 Å². The van der Waals surface area contributed by atoms with Crippen LogP contribution in [0.4, 0.5) is 0 Å². The molecule has 0 radical (unpaired) electrons. The van der Waals surface area contributed by atoms with E-state index in [1.807, 2.05) is 4.90 Å². The van der Waals surface area contributed by atoms with Crippen LogP contribution >= 0.6 is 0 Å². The SMILES string of the molecule is CC(C)=CCN1CCNC(=O)[C@H]1CC(=O)N1CCc2[nH]c3c(C)cccc3c2C1. The predicted molar refractivity (Wildman–Crippen MR) is 115 cm³/mol.